The Bertz CT molecular complexity index is 1140. The average Bonchev–Trinajstić information content (AvgIpc) is 3.44. The third-order valence-corrected chi connectivity index (χ3v) is 7.38. The minimum absolute atomic E-state index is 0.0536. The number of nitrogens with one attached hydrogen (secondary N) is 1. The van der Waals surface area contributed by atoms with E-state index in [9.17, 15) is 18.4 Å². The van der Waals surface area contributed by atoms with Crippen LogP contribution in [0.1, 0.15) is 24.0 Å². The van der Waals surface area contributed by atoms with Crippen LogP contribution in [0.5, 0.6) is 0 Å². The molecule has 1 N–H and O–H groups in total. The van der Waals surface area contributed by atoms with Crippen LogP contribution >= 0.6 is 0 Å². The van der Waals surface area contributed by atoms with E-state index in [0.717, 1.165) is 18.4 Å². The molecule has 0 aliphatic carbocycles. The highest BCUT2D eigenvalue weighted by Crippen LogP contribution is 2.32. The fourth-order valence-corrected chi connectivity index (χ4v) is 5.54. The van der Waals surface area contributed by atoms with Crippen molar-refractivity contribution in [1.29, 1.82) is 0 Å². The van der Waals surface area contributed by atoms with E-state index in [1.54, 1.807) is 17.0 Å². The van der Waals surface area contributed by atoms with Gasteiger partial charge in [-0.2, -0.15) is 5.01 Å². The number of fused-ring (bicyclic) bond motifs is 1. The standard InChI is InChI=1S/C28H33F2N5O3/c1-20-16-33(19-29)35(28(37)31-15-22-9-11-23(30)12-10-22)26-18-32(17-24-8-5-13-38-24)27(36)25(34(20)26)14-21-6-3-2-4-7-21/h2-4,6-7,9-12,24-26H,1,5,8,13-19H2,(H,31,37)/t24?,25-,26-/m0/s1. The van der Waals surface area contributed by atoms with Gasteiger partial charge in [0.25, 0.3) is 0 Å². The zero-order chi connectivity index (χ0) is 26.6. The van der Waals surface area contributed by atoms with Gasteiger partial charge in [0.1, 0.15) is 18.0 Å². The van der Waals surface area contributed by atoms with Crippen molar-refractivity contribution in [3.8, 4) is 0 Å². The van der Waals surface area contributed by atoms with Crippen LogP contribution in [0.15, 0.2) is 66.9 Å². The number of urea groups is 1. The van der Waals surface area contributed by atoms with Gasteiger partial charge in [-0.15, -0.1) is 0 Å². The van der Waals surface area contributed by atoms with Crippen LogP contribution in [-0.2, 0) is 22.5 Å². The van der Waals surface area contributed by atoms with Crippen molar-refractivity contribution in [3.05, 3.63) is 83.8 Å². The van der Waals surface area contributed by atoms with E-state index in [1.807, 2.05) is 35.2 Å². The summed E-state index contributed by atoms with van der Waals surface area (Å²) in [6, 6.07) is 14.4. The molecule has 3 heterocycles. The van der Waals surface area contributed by atoms with E-state index in [0.29, 0.717) is 30.8 Å². The molecule has 0 spiro atoms. The monoisotopic (exact) mass is 525 g/mol. The molecule has 3 atom stereocenters. The van der Waals surface area contributed by atoms with Gasteiger partial charge in [0.2, 0.25) is 5.91 Å². The number of amides is 3. The molecule has 3 aliphatic rings. The number of alkyl halides is 1. The quantitative estimate of drug-likeness (QED) is 0.562. The number of ether oxygens (including phenoxy) is 1. The Hall–Kier alpha value is -3.50. The molecule has 3 amide bonds. The lowest BCUT2D eigenvalue weighted by atomic mass is 9.98. The summed E-state index contributed by atoms with van der Waals surface area (Å²) < 4.78 is 33.4. The molecule has 0 bridgehead atoms. The Morgan fingerprint density at radius 1 is 1.11 bits per heavy atom. The predicted octanol–water partition coefficient (Wildman–Crippen LogP) is 3.27. The van der Waals surface area contributed by atoms with Gasteiger partial charge >= 0.3 is 6.03 Å². The highest BCUT2D eigenvalue weighted by Gasteiger charge is 2.49. The van der Waals surface area contributed by atoms with Gasteiger partial charge < -0.3 is 19.9 Å². The first-order valence-corrected chi connectivity index (χ1v) is 13.0. The zero-order valence-electron chi connectivity index (χ0n) is 21.3. The SMILES string of the molecule is C=C1CN(CF)N(C(=O)NCc2ccc(F)cc2)[C@H]2CN(CC3CCCO3)C(=O)[C@H](Cc3ccccc3)N12. The van der Waals surface area contributed by atoms with Crippen molar-refractivity contribution in [2.75, 3.05) is 33.0 Å². The minimum Gasteiger partial charge on any atom is -0.376 e. The predicted molar refractivity (Wildman–Crippen MR) is 137 cm³/mol. The first kappa shape index (κ1) is 26.1. The zero-order valence-corrected chi connectivity index (χ0v) is 21.3. The maximum Gasteiger partial charge on any atom is 0.334 e. The van der Waals surface area contributed by atoms with E-state index in [2.05, 4.69) is 11.9 Å². The summed E-state index contributed by atoms with van der Waals surface area (Å²) in [5.41, 5.74) is 2.28. The van der Waals surface area contributed by atoms with Crippen LogP contribution in [0.2, 0.25) is 0 Å². The van der Waals surface area contributed by atoms with Crippen LogP contribution in [0.25, 0.3) is 0 Å². The molecule has 10 heteroatoms. The molecule has 38 heavy (non-hydrogen) atoms. The highest BCUT2D eigenvalue weighted by molar-refractivity contribution is 5.84. The lowest BCUT2D eigenvalue weighted by Crippen LogP contribution is -2.74. The van der Waals surface area contributed by atoms with E-state index in [4.69, 9.17) is 4.74 Å². The molecule has 0 aromatic heterocycles. The summed E-state index contributed by atoms with van der Waals surface area (Å²) in [5.74, 6) is -0.418. The van der Waals surface area contributed by atoms with Gasteiger partial charge in [-0.25, -0.2) is 18.6 Å². The molecule has 8 nitrogen and oxygen atoms in total. The Morgan fingerprint density at radius 3 is 2.55 bits per heavy atom. The van der Waals surface area contributed by atoms with Gasteiger partial charge in [0, 0.05) is 31.8 Å². The maximum absolute atomic E-state index is 14.3. The summed E-state index contributed by atoms with van der Waals surface area (Å²) in [6.45, 7) is 4.78. The molecule has 5 rings (SSSR count). The van der Waals surface area contributed by atoms with Gasteiger partial charge in [0.15, 0.2) is 6.80 Å². The second-order valence-corrected chi connectivity index (χ2v) is 9.95. The van der Waals surface area contributed by atoms with Gasteiger partial charge in [-0.1, -0.05) is 49.0 Å². The van der Waals surface area contributed by atoms with Crippen molar-refractivity contribution >= 4 is 11.9 Å². The molecule has 3 saturated heterocycles. The van der Waals surface area contributed by atoms with Crippen molar-refractivity contribution in [3.63, 3.8) is 0 Å². The van der Waals surface area contributed by atoms with E-state index in [-0.39, 0.29) is 37.5 Å². The summed E-state index contributed by atoms with van der Waals surface area (Å²) in [6.07, 6.45) is 1.53. The number of carbonyl (C=O) groups is 2. The number of benzene rings is 2. The van der Waals surface area contributed by atoms with Crippen LogP contribution in [0.4, 0.5) is 13.6 Å². The van der Waals surface area contributed by atoms with Crippen molar-refractivity contribution in [2.45, 2.75) is 44.1 Å². The third kappa shape index (κ3) is 5.51. The molecule has 2 aromatic carbocycles. The number of piperazine rings is 1. The summed E-state index contributed by atoms with van der Waals surface area (Å²) in [4.78, 5) is 31.0. The largest absolute Gasteiger partial charge is 0.376 e. The smallest absolute Gasteiger partial charge is 0.334 e. The number of hydrogen-bond acceptors (Lipinski definition) is 5. The Kier molecular flexibility index (Phi) is 7.90. The Balaban J connectivity index is 1.43. The van der Waals surface area contributed by atoms with Crippen LogP contribution < -0.4 is 5.32 Å². The first-order valence-electron chi connectivity index (χ1n) is 13.0. The van der Waals surface area contributed by atoms with Gasteiger partial charge in [-0.3, -0.25) is 4.79 Å². The highest BCUT2D eigenvalue weighted by atomic mass is 19.1. The molecule has 2 aromatic rings. The minimum atomic E-state index is -0.892. The molecule has 1 unspecified atom stereocenters. The molecule has 0 radical (unpaired) electrons. The van der Waals surface area contributed by atoms with Crippen molar-refractivity contribution in [1.82, 2.24) is 25.1 Å². The fourth-order valence-electron chi connectivity index (χ4n) is 5.54. The van der Waals surface area contributed by atoms with Gasteiger partial charge in [-0.05, 0) is 36.1 Å². The van der Waals surface area contributed by atoms with Crippen LogP contribution in [0.3, 0.4) is 0 Å². The third-order valence-electron chi connectivity index (χ3n) is 7.38. The van der Waals surface area contributed by atoms with Crippen LogP contribution in [-0.4, -0.2) is 83.1 Å². The topological polar surface area (TPSA) is 68.4 Å². The molecular weight excluding hydrogens is 492 g/mol. The van der Waals surface area contributed by atoms with Crippen molar-refractivity contribution in [2.24, 2.45) is 0 Å². The lowest BCUT2D eigenvalue weighted by molar-refractivity contribution is -0.174. The number of hydrazine groups is 1. The summed E-state index contributed by atoms with van der Waals surface area (Å²) in [7, 11) is 0. The second-order valence-electron chi connectivity index (χ2n) is 9.95. The fraction of sp³-hybridized carbons (Fsp3) is 0.429. The molecule has 202 valence electrons. The molecule has 3 aliphatic heterocycles. The number of rotatable bonds is 7. The van der Waals surface area contributed by atoms with Crippen molar-refractivity contribution < 1.29 is 23.1 Å². The number of carbonyl (C=O) groups excluding carboxylic acids is 2. The molecular formula is C28H33F2N5O3. The van der Waals surface area contributed by atoms with Crippen LogP contribution in [0, 0.1) is 5.82 Å². The normalized spacial score (nSPS) is 24.1. The van der Waals surface area contributed by atoms with E-state index in [1.165, 1.54) is 22.2 Å². The number of hydrogen-bond donors (Lipinski definition) is 1. The maximum atomic E-state index is 14.3. The second kappa shape index (κ2) is 11.5. The molecule has 0 saturated carbocycles. The number of nitrogens with zero attached hydrogens (tertiary/aromatic N) is 4. The first-order chi connectivity index (χ1) is 18.4. The average molecular weight is 526 g/mol. The summed E-state index contributed by atoms with van der Waals surface area (Å²) >= 11 is 0. The van der Waals surface area contributed by atoms with Gasteiger partial charge in [0.05, 0.1) is 19.2 Å². The van der Waals surface area contributed by atoms with E-state index >= 15 is 0 Å². The molecule has 3 fully saturated rings. The Labute approximate surface area is 221 Å². The number of halogens is 2. The summed E-state index contributed by atoms with van der Waals surface area (Å²) in [5, 5.41) is 5.51. The Morgan fingerprint density at radius 2 is 1.87 bits per heavy atom. The lowest BCUT2D eigenvalue weighted by Gasteiger charge is -2.56. The van der Waals surface area contributed by atoms with E-state index < -0.39 is 25.0 Å².